The van der Waals surface area contributed by atoms with Crippen molar-refractivity contribution in [2.75, 3.05) is 13.7 Å². The fraction of sp³-hybridized carbons (Fsp3) is 0.158. The Morgan fingerprint density at radius 2 is 1.54 bits per heavy atom. The molecule has 0 bridgehead atoms. The van der Waals surface area contributed by atoms with Gasteiger partial charge >= 0.3 is 12.0 Å². The minimum atomic E-state index is -0.753. The van der Waals surface area contributed by atoms with Crippen LogP contribution in [0.1, 0.15) is 26.3 Å². The number of methoxy groups -OCH3 is 1. The smallest absolute Gasteiger partial charge is 0.338 e. The second-order valence-electron chi connectivity index (χ2n) is 5.60. The number of urea groups is 1. The summed E-state index contributed by atoms with van der Waals surface area (Å²) in [7, 11) is 1.50. The highest BCUT2D eigenvalue weighted by Crippen LogP contribution is 2.11. The third-order valence-corrected chi connectivity index (χ3v) is 3.60. The number of amides is 4. The average Bonchev–Trinajstić information content (AvgIpc) is 2.70. The molecule has 4 N–H and O–H groups in total. The molecule has 28 heavy (non-hydrogen) atoms. The summed E-state index contributed by atoms with van der Waals surface area (Å²) in [5.41, 5.74) is 6.20. The summed E-state index contributed by atoms with van der Waals surface area (Å²) in [5.74, 6) is -1.51. The molecule has 0 radical (unpaired) electrons. The molecule has 0 unspecified atom stereocenters. The molecule has 0 saturated heterocycles. The topological polar surface area (TPSA) is 137 Å². The molecular weight excluding hydrogens is 366 g/mol. The molecule has 0 aliphatic carbocycles. The molecule has 0 heterocycles. The van der Waals surface area contributed by atoms with Crippen molar-refractivity contribution in [3.05, 3.63) is 65.2 Å². The molecule has 2 aromatic carbocycles. The van der Waals surface area contributed by atoms with Crippen molar-refractivity contribution in [1.82, 2.24) is 10.6 Å². The van der Waals surface area contributed by atoms with Gasteiger partial charge < -0.3 is 20.5 Å². The summed E-state index contributed by atoms with van der Waals surface area (Å²) >= 11 is 0. The largest absolute Gasteiger partial charge is 0.497 e. The van der Waals surface area contributed by atoms with Gasteiger partial charge in [0.25, 0.3) is 11.8 Å². The van der Waals surface area contributed by atoms with Crippen LogP contribution in [0.2, 0.25) is 0 Å². The summed E-state index contributed by atoms with van der Waals surface area (Å²) in [4.78, 5) is 46.4. The van der Waals surface area contributed by atoms with E-state index in [0.29, 0.717) is 5.75 Å². The van der Waals surface area contributed by atoms with E-state index in [0.717, 1.165) is 5.56 Å². The third kappa shape index (κ3) is 6.13. The summed E-state index contributed by atoms with van der Waals surface area (Å²) in [6.45, 7) is -0.383. The molecule has 0 spiro atoms. The van der Waals surface area contributed by atoms with E-state index in [4.69, 9.17) is 15.2 Å². The van der Waals surface area contributed by atoms with Crippen molar-refractivity contribution in [1.29, 1.82) is 0 Å². The molecule has 0 aliphatic rings. The number of carbonyl (C=O) groups is 4. The Morgan fingerprint density at radius 1 is 0.929 bits per heavy atom. The zero-order valence-corrected chi connectivity index (χ0v) is 15.1. The molecule has 9 heteroatoms. The second kappa shape index (κ2) is 9.72. The fourth-order valence-corrected chi connectivity index (χ4v) is 2.14. The summed E-state index contributed by atoms with van der Waals surface area (Å²) in [5, 5.41) is 4.55. The van der Waals surface area contributed by atoms with Crippen molar-refractivity contribution >= 4 is 23.8 Å². The predicted octanol–water partition coefficient (Wildman–Crippen LogP) is 0.977. The van der Waals surface area contributed by atoms with E-state index in [1.165, 1.54) is 31.4 Å². The molecule has 0 fully saturated rings. The Labute approximate surface area is 160 Å². The Hall–Kier alpha value is -3.88. The first-order valence-corrected chi connectivity index (χ1v) is 8.16. The lowest BCUT2D eigenvalue weighted by Crippen LogP contribution is -2.34. The van der Waals surface area contributed by atoms with Crippen LogP contribution in [0.15, 0.2) is 48.5 Å². The van der Waals surface area contributed by atoms with Crippen molar-refractivity contribution in [3.8, 4) is 5.75 Å². The van der Waals surface area contributed by atoms with Gasteiger partial charge in [-0.25, -0.2) is 9.59 Å². The number of imide groups is 1. The zero-order valence-electron chi connectivity index (χ0n) is 15.1. The number of primary amides is 1. The number of hydrogen-bond acceptors (Lipinski definition) is 6. The number of benzene rings is 2. The number of esters is 1. The van der Waals surface area contributed by atoms with E-state index in [-0.39, 0.29) is 17.7 Å². The van der Waals surface area contributed by atoms with Crippen molar-refractivity contribution < 1.29 is 28.7 Å². The monoisotopic (exact) mass is 385 g/mol. The highest BCUT2D eigenvalue weighted by atomic mass is 16.5. The molecule has 0 atom stereocenters. The molecule has 0 aromatic heterocycles. The van der Waals surface area contributed by atoms with Gasteiger partial charge in [0.15, 0.2) is 6.61 Å². The highest BCUT2D eigenvalue weighted by molar-refractivity contribution is 6.05. The van der Waals surface area contributed by atoms with E-state index >= 15 is 0 Å². The summed E-state index contributed by atoms with van der Waals surface area (Å²) in [6, 6.07) is 11.7. The quantitative estimate of drug-likeness (QED) is 0.608. The highest BCUT2D eigenvalue weighted by Gasteiger charge is 2.14. The van der Waals surface area contributed by atoms with Gasteiger partial charge in [-0.1, -0.05) is 12.1 Å². The first-order valence-electron chi connectivity index (χ1n) is 8.16. The maximum absolute atomic E-state index is 12.0. The van der Waals surface area contributed by atoms with Gasteiger partial charge in [0.05, 0.1) is 12.7 Å². The van der Waals surface area contributed by atoms with Crippen LogP contribution in [-0.4, -0.2) is 37.5 Å². The Bertz CT molecular complexity index is 862. The number of rotatable bonds is 7. The number of nitrogens with two attached hydrogens (primary N) is 1. The van der Waals surface area contributed by atoms with Crippen LogP contribution in [0.4, 0.5) is 4.79 Å². The zero-order chi connectivity index (χ0) is 20.5. The van der Waals surface area contributed by atoms with E-state index in [2.05, 4.69) is 10.6 Å². The Kier molecular flexibility index (Phi) is 7.09. The van der Waals surface area contributed by atoms with Crippen LogP contribution < -0.4 is 21.1 Å². The molecule has 4 amide bonds. The molecule has 9 nitrogen and oxygen atoms in total. The maximum Gasteiger partial charge on any atom is 0.338 e. The van der Waals surface area contributed by atoms with E-state index in [1.54, 1.807) is 24.3 Å². The van der Waals surface area contributed by atoms with Gasteiger partial charge in [0.1, 0.15) is 5.75 Å². The summed E-state index contributed by atoms with van der Waals surface area (Å²) in [6.07, 6.45) is 0. The number of carbonyl (C=O) groups excluding carboxylic acids is 4. The van der Waals surface area contributed by atoms with Crippen LogP contribution in [0.5, 0.6) is 5.75 Å². The van der Waals surface area contributed by atoms with Crippen LogP contribution in [-0.2, 0) is 16.1 Å². The predicted molar refractivity (Wildman–Crippen MR) is 98.6 cm³/mol. The Morgan fingerprint density at radius 3 is 2.11 bits per heavy atom. The molecule has 2 aromatic rings. The van der Waals surface area contributed by atoms with Crippen molar-refractivity contribution in [3.63, 3.8) is 0 Å². The minimum Gasteiger partial charge on any atom is -0.497 e. The minimum absolute atomic E-state index is 0.220. The SMILES string of the molecule is COc1ccc(C(=O)NC(=O)COC(=O)c2ccc(CNC(N)=O)cc2)cc1. The number of nitrogens with one attached hydrogen (secondary N) is 2. The van der Waals surface area contributed by atoms with Crippen LogP contribution in [0, 0.1) is 0 Å². The van der Waals surface area contributed by atoms with Gasteiger partial charge in [-0.3, -0.25) is 14.9 Å². The first kappa shape index (κ1) is 20.4. The van der Waals surface area contributed by atoms with E-state index in [1.807, 2.05) is 0 Å². The maximum atomic E-state index is 12.0. The second-order valence-corrected chi connectivity index (χ2v) is 5.60. The standard InChI is InChI=1S/C19H19N3O6/c1-27-15-8-6-13(7-9-15)17(24)22-16(23)11-28-18(25)14-4-2-12(3-5-14)10-21-19(20)26/h2-9H,10-11H2,1H3,(H3,20,21,26)(H,22,23,24). The lowest BCUT2D eigenvalue weighted by atomic mass is 10.1. The lowest BCUT2D eigenvalue weighted by molar-refractivity contribution is -0.123. The van der Waals surface area contributed by atoms with Crippen LogP contribution >= 0.6 is 0 Å². The number of ether oxygens (including phenoxy) is 2. The number of hydrogen-bond donors (Lipinski definition) is 3. The van der Waals surface area contributed by atoms with Gasteiger partial charge in [0, 0.05) is 12.1 Å². The average molecular weight is 385 g/mol. The van der Waals surface area contributed by atoms with Crippen LogP contribution in [0.25, 0.3) is 0 Å². The van der Waals surface area contributed by atoms with Gasteiger partial charge in [-0.2, -0.15) is 0 Å². The Balaban J connectivity index is 1.81. The molecule has 2 rings (SSSR count). The van der Waals surface area contributed by atoms with Gasteiger partial charge in [-0.15, -0.1) is 0 Å². The summed E-state index contributed by atoms with van der Waals surface area (Å²) < 4.78 is 9.88. The van der Waals surface area contributed by atoms with Gasteiger partial charge in [-0.05, 0) is 42.0 Å². The van der Waals surface area contributed by atoms with Crippen molar-refractivity contribution in [2.45, 2.75) is 6.54 Å². The molecule has 146 valence electrons. The third-order valence-electron chi connectivity index (χ3n) is 3.60. The van der Waals surface area contributed by atoms with Crippen LogP contribution in [0.3, 0.4) is 0 Å². The van der Waals surface area contributed by atoms with Crippen molar-refractivity contribution in [2.24, 2.45) is 5.73 Å². The first-order chi connectivity index (χ1) is 13.4. The molecule has 0 aliphatic heterocycles. The lowest BCUT2D eigenvalue weighted by Gasteiger charge is -2.07. The fourth-order valence-electron chi connectivity index (χ4n) is 2.14. The molecular formula is C19H19N3O6. The van der Waals surface area contributed by atoms with E-state index < -0.39 is 30.4 Å². The van der Waals surface area contributed by atoms with Gasteiger partial charge in [0.2, 0.25) is 0 Å². The van der Waals surface area contributed by atoms with E-state index in [9.17, 15) is 19.2 Å². The molecule has 0 saturated carbocycles. The normalized spacial score (nSPS) is 9.89.